The summed E-state index contributed by atoms with van der Waals surface area (Å²) < 4.78 is 45.7. The zero-order chi connectivity index (χ0) is 15.9. The van der Waals surface area contributed by atoms with Gasteiger partial charge >= 0.3 is 13.2 Å². The molecule has 0 bridgehead atoms. The van der Waals surface area contributed by atoms with Crippen molar-refractivity contribution < 1.29 is 31.4 Å². The van der Waals surface area contributed by atoms with Crippen molar-refractivity contribution in [2.24, 2.45) is 0 Å². The number of aromatic nitrogens is 1. The van der Waals surface area contributed by atoms with Gasteiger partial charge in [-0.05, 0) is 18.4 Å². The van der Waals surface area contributed by atoms with Crippen molar-refractivity contribution in [2.75, 3.05) is 6.61 Å². The lowest BCUT2D eigenvalue weighted by Crippen LogP contribution is -2.37. The van der Waals surface area contributed by atoms with Crippen LogP contribution in [0, 0.1) is 0 Å². The Kier molecular flexibility index (Phi) is 6.14. The van der Waals surface area contributed by atoms with Gasteiger partial charge in [0.1, 0.15) is 0 Å². The number of halogens is 4. The maximum absolute atomic E-state index is 11.3. The van der Waals surface area contributed by atoms with Gasteiger partial charge in [0.2, 0.25) is 6.54 Å². The molecule has 0 spiro atoms. The molecule has 8 heteroatoms. The minimum atomic E-state index is -6.00. The van der Waals surface area contributed by atoms with E-state index in [1.54, 1.807) is 0 Å². The monoisotopic (exact) mass is 303 g/mol. The van der Waals surface area contributed by atoms with E-state index >= 15 is 0 Å². The highest BCUT2D eigenvalue weighted by molar-refractivity contribution is 6.50. The van der Waals surface area contributed by atoms with Crippen molar-refractivity contribution >= 4 is 24.0 Å². The number of benzene rings is 1. The number of rotatable bonds is 3. The van der Waals surface area contributed by atoms with Crippen molar-refractivity contribution in [3.05, 3.63) is 42.7 Å². The fraction of sp³-hybridized carbons (Fsp3) is 0.231. The second kappa shape index (κ2) is 7.61. The Morgan fingerprint density at radius 1 is 1.14 bits per heavy atom. The molecule has 0 saturated heterocycles. The number of hydrogen-bond acceptors (Lipinski definition) is 2. The average Bonchev–Trinajstić information content (AvgIpc) is 2.37. The highest BCUT2D eigenvalue weighted by Crippen LogP contribution is 2.09. The van der Waals surface area contributed by atoms with E-state index in [1.807, 2.05) is 54.2 Å². The lowest BCUT2D eigenvalue weighted by molar-refractivity contribution is -0.684. The molecule has 21 heavy (non-hydrogen) atoms. The lowest BCUT2D eigenvalue weighted by atomic mass is 10.2. The summed E-state index contributed by atoms with van der Waals surface area (Å²) in [4.78, 5) is 11.3. The average molecular weight is 303 g/mol. The second-order valence-electron chi connectivity index (χ2n) is 4.05. The number of carbonyl (C=O) groups is 1. The molecule has 0 aliphatic rings. The van der Waals surface area contributed by atoms with Crippen LogP contribution in [0.1, 0.15) is 6.92 Å². The molecule has 0 radical (unpaired) electrons. The Bertz CT molecular complexity index is 598. The molecule has 0 saturated carbocycles. The summed E-state index contributed by atoms with van der Waals surface area (Å²) in [7, 11) is -6.00. The smallest absolute Gasteiger partial charge is 0.461 e. The predicted octanol–water partition coefficient (Wildman–Crippen LogP) is 2.99. The summed E-state index contributed by atoms with van der Waals surface area (Å²) in [6.45, 7) is 2.49. The van der Waals surface area contributed by atoms with E-state index in [0.717, 1.165) is 5.39 Å². The van der Waals surface area contributed by atoms with Crippen LogP contribution < -0.4 is 4.57 Å². The Balaban J connectivity index is 0.000000383. The number of esters is 1. The fourth-order valence-electron chi connectivity index (χ4n) is 1.63. The fourth-order valence-corrected chi connectivity index (χ4v) is 1.63. The van der Waals surface area contributed by atoms with E-state index in [1.165, 1.54) is 5.39 Å². The molecule has 1 aromatic carbocycles. The number of pyridine rings is 1. The summed E-state index contributed by atoms with van der Waals surface area (Å²) in [6, 6.07) is 10.0. The highest BCUT2D eigenvalue weighted by Gasteiger charge is 2.20. The minimum absolute atomic E-state index is 0.206. The molecule has 0 fully saturated rings. The Morgan fingerprint density at radius 2 is 1.71 bits per heavy atom. The first-order valence-corrected chi connectivity index (χ1v) is 6.20. The topological polar surface area (TPSA) is 30.2 Å². The first-order valence-electron chi connectivity index (χ1n) is 6.20. The first kappa shape index (κ1) is 16.9. The maximum Gasteiger partial charge on any atom is 0.673 e. The molecular formula is C13H14BF4NO2. The largest absolute Gasteiger partial charge is 0.673 e. The third kappa shape index (κ3) is 7.29. The zero-order valence-corrected chi connectivity index (χ0v) is 11.3. The lowest BCUT2D eigenvalue weighted by Gasteiger charge is -1.99. The van der Waals surface area contributed by atoms with Crippen LogP contribution >= 0.6 is 0 Å². The standard InChI is InChI=1S/C13H14NO2.BF4/c1-2-16-13(15)10-14-8-7-11-5-3-4-6-12(11)9-14;2-1(3,4)5/h3-9H,2,10H2,1H3;/q+1;-1. The van der Waals surface area contributed by atoms with Crippen LogP contribution in [0.4, 0.5) is 17.3 Å². The van der Waals surface area contributed by atoms with Gasteiger partial charge in [-0.15, -0.1) is 0 Å². The predicted molar refractivity (Wildman–Crippen MR) is 71.0 cm³/mol. The molecule has 0 atom stereocenters. The second-order valence-corrected chi connectivity index (χ2v) is 4.05. The van der Waals surface area contributed by atoms with Gasteiger partial charge in [0, 0.05) is 11.5 Å². The molecule has 2 rings (SSSR count). The Morgan fingerprint density at radius 3 is 2.29 bits per heavy atom. The van der Waals surface area contributed by atoms with Gasteiger partial charge in [0.15, 0.2) is 12.4 Å². The van der Waals surface area contributed by atoms with E-state index in [-0.39, 0.29) is 12.5 Å². The third-order valence-corrected chi connectivity index (χ3v) is 2.36. The minimum Gasteiger partial charge on any atom is -0.461 e. The number of carbonyl (C=O) groups excluding carboxylic acids is 1. The van der Waals surface area contributed by atoms with Crippen LogP contribution in [-0.4, -0.2) is 19.8 Å². The van der Waals surface area contributed by atoms with Crippen LogP contribution in [0.2, 0.25) is 0 Å². The van der Waals surface area contributed by atoms with Gasteiger partial charge in [-0.1, -0.05) is 18.2 Å². The van der Waals surface area contributed by atoms with Gasteiger partial charge in [-0.2, -0.15) is 4.57 Å². The molecule has 3 nitrogen and oxygen atoms in total. The number of nitrogens with zero attached hydrogens (tertiary/aromatic N) is 1. The van der Waals surface area contributed by atoms with E-state index in [0.29, 0.717) is 6.61 Å². The van der Waals surface area contributed by atoms with Crippen LogP contribution in [0.25, 0.3) is 10.8 Å². The molecule has 1 heterocycles. The van der Waals surface area contributed by atoms with Crippen LogP contribution in [-0.2, 0) is 16.1 Å². The van der Waals surface area contributed by atoms with Gasteiger partial charge in [0.05, 0.1) is 6.61 Å². The van der Waals surface area contributed by atoms with E-state index in [4.69, 9.17) is 4.74 Å². The molecule has 0 amide bonds. The summed E-state index contributed by atoms with van der Waals surface area (Å²) in [5, 5.41) is 2.29. The van der Waals surface area contributed by atoms with Crippen molar-refractivity contribution in [3.63, 3.8) is 0 Å². The third-order valence-electron chi connectivity index (χ3n) is 2.36. The maximum atomic E-state index is 11.3. The molecule has 0 aliphatic heterocycles. The van der Waals surface area contributed by atoms with Gasteiger partial charge < -0.3 is 22.0 Å². The van der Waals surface area contributed by atoms with Gasteiger partial charge in [-0.3, -0.25) is 0 Å². The summed E-state index contributed by atoms with van der Waals surface area (Å²) in [5.41, 5.74) is 0. The highest BCUT2D eigenvalue weighted by atomic mass is 19.5. The van der Waals surface area contributed by atoms with Crippen molar-refractivity contribution in [2.45, 2.75) is 13.5 Å². The van der Waals surface area contributed by atoms with Gasteiger partial charge in [0.25, 0.3) is 0 Å². The number of hydrogen-bond donors (Lipinski definition) is 0. The number of fused-ring (bicyclic) bond motifs is 1. The summed E-state index contributed by atoms with van der Waals surface area (Å²) in [6.07, 6.45) is 3.84. The van der Waals surface area contributed by atoms with Crippen LogP contribution in [0.5, 0.6) is 0 Å². The summed E-state index contributed by atoms with van der Waals surface area (Å²) in [5.74, 6) is -0.206. The van der Waals surface area contributed by atoms with Crippen molar-refractivity contribution in [1.82, 2.24) is 0 Å². The molecule has 1 aromatic heterocycles. The quantitative estimate of drug-likeness (QED) is 0.378. The molecule has 0 N–H and O–H groups in total. The Hall–Kier alpha value is -2.12. The Labute approximate surface area is 119 Å². The van der Waals surface area contributed by atoms with Gasteiger partial charge in [-0.25, -0.2) is 4.79 Å². The normalized spacial score (nSPS) is 10.7. The summed E-state index contributed by atoms with van der Waals surface area (Å²) >= 11 is 0. The first-order chi connectivity index (χ1) is 9.79. The van der Waals surface area contributed by atoms with Crippen LogP contribution in [0.3, 0.4) is 0 Å². The molecule has 2 aromatic rings. The SMILES string of the molecule is CCOC(=O)C[n+]1ccc2ccccc2c1.F[B-](F)(F)F. The van der Waals surface area contributed by atoms with E-state index < -0.39 is 7.25 Å². The van der Waals surface area contributed by atoms with E-state index in [9.17, 15) is 22.1 Å². The van der Waals surface area contributed by atoms with Crippen molar-refractivity contribution in [3.8, 4) is 0 Å². The van der Waals surface area contributed by atoms with Crippen molar-refractivity contribution in [1.29, 1.82) is 0 Å². The van der Waals surface area contributed by atoms with Crippen LogP contribution in [0.15, 0.2) is 42.7 Å². The number of ether oxygens (including phenoxy) is 1. The molecule has 0 aliphatic carbocycles. The zero-order valence-electron chi connectivity index (χ0n) is 11.3. The molecular weight excluding hydrogens is 289 g/mol. The molecule has 114 valence electrons. The molecule has 0 unspecified atom stereocenters. The van der Waals surface area contributed by atoms with E-state index in [2.05, 4.69) is 0 Å².